The third kappa shape index (κ3) is 14.0. The fourth-order valence-corrected chi connectivity index (χ4v) is 2.96. The molecular formula is C25H41N3O7. The van der Waals surface area contributed by atoms with Crippen molar-refractivity contribution in [2.75, 3.05) is 33.5 Å². The zero-order valence-electron chi connectivity index (χ0n) is 22.1. The molecule has 1 unspecified atom stereocenters. The third-order valence-electron chi connectivity index (χ3n) is 4.75. The van der Waals surface area contributed by atoms with Crippen LogP contribution in [0.25, 0.3) is 0 Å². The van der Waals surface area contributed by atoms with Crippen molar-refractivity contribution in [1.82, 2.24) is 14.8 Å². The van der Waals surface area contributed by atoms with E-state index in [2.05, 4.69) is 9.72 Å². The Morgan fingerprint density at radius 1 is 1.03 bits per heavy atom. The highest BCUT2D eigenvalue weighted by atomic mass is 16.7. The number of pyridine rings is 1. The molecule has 1 fully saturated rings. The first kappa shape index (κ1) is 31.8. The van der Waals surface area contributed by atoms with Crippen LogP contribution in [0.1, 0.15) is 60.1 Å². The van der Waals surface area contributed by atoms with Gasteiger partial charge in [-0.1, -0.05) is 33.8 Å². The average Bonchev–Trinajstić information content (AvgIpc) is 3.37. The molecule has 0 saturated carbocycles. The molecule has 198 valence electrons. The van der Waals surface area contributed by atoms with Crippen molar-refractivity contribution in [3.63, 3.8) is 0 Å². The van der Waals surface area contributed by atoms with E-state index in [9.17, 15) is 19.2 Å². The van der Waals surface area contributed by atoms with Crippen LogP contribution < -0.4 is 0 Å². The minimum absolute atomic E-state index is 0.0296. The highest BCUT2D eigenvalue weighted by molar-refractivity contribution is 5.83. The maximum absolute atomic E-state index is 12.0. The molecule has 2 rings (SSSR count). The largest absolute Gasteiger partial charge is 0.452 e. The molecule has 35 heavy (non-hydrogen) atoms. The average molecular weight is 496 g/mol. The molecule has 2 amide bonds. The lowest BCUT2D eigenvalue weighted by Gasteiger charge is -2.25. The van der Waals surface area contributed by atoms with Crippen molar-refractivity contribution >= 4 is 23.9 Å². The molecule has 0 radical (unpaired) electrons. The maximum Gasteiger partial charge on any atom is 0.412 e. The Labute approximate surface area is 208 Å². The number of aromatic nitrogens is 1. The molecule has 1 saturated heterocycles. The molecule has 1 aromatic rings. The van der Waals surface area contributed by atoms with Crippen LogP contribution in [0.15, 0.2) is 24.4 Å². The topological polar surface area (TPSA) is 115 Å². The molecule has 10 heteroatoms. The molecule has 0 aromatic carbocycles. The van der Waals surface area contributed by atoms with Gasteiger partial charge in [0.2, 0.25) is 6.79 Å². The van der Waals surface area contributed by atoms with Gasteiger partial charge in [0.1, 0.15) is 0 Å². The van der Waals surface area contributed by atoms with Gasteiger partial charge in [0.15, 0.2) is 6.10 Å². The predicted octanol–water partition coefficient (Wildman–Crippen LogP) is 3.44. The zero-order valence-corrected chi connectivity index (χ0v) is 22.1. The van der Waals surface area contributed by atoms with E-state index in [1.807, 2.05) is 45.9 Å². The fourth-order valence-electron chi connectivity index (χ4n) is 2.96. The number of likely N-dealkylation sites (N-methyl/N-ethyl adjacent to an activating group) is 1. The van der Waals surface area contributed by atoms with E-state index >= 15 is 0 Å². The molecule has 1 aliphatic rings. The van der Waals surface area contributed by atoms with Crippen molar-refractivity contribution in [2.45, 2.75) is 66.9 Å². The van der Waals surface area contributed by atoms with Gasteiger partial charge in [0.25, 0.3) is 5.91 Å². The number of hydrogen-bond acceptors (Lipinski definition) is 8. The molecule has 0 aliphatic carbocycles. The number of carbonyl (C=O) groups is 4. The highest BCUT2D eigenvalue weighted by Gasteiger charge is 2.30. The normalized spacial score (nSPS) is 12.9. The van der Waals surface area contributed by atoms with Gasteiger partial charge in [-0.2, -0.15) is 0 Å². The van der Waals surface area contributed by atoms with Crippen LogP contribution in [0, 0.1) is 5.92 Å². The van der Waals surface area contributed by atoms with Gasteiger partial charge >= 0.3 is 18.0 Å². The molecule has 1 atom stereocenters. The first-order valence-electron chi connectivity index (χ1n) is 12.0. The number of carbonyl (C=O) groups excluding carboxylic acids is 4. The molecular weight excluding hydrogens is 454 g/mol. The number of likely N-dealkylation sites (tertiary alicyclic amines) is 1. The lowest BCUT2D eigenvalue weighted by molar-refractivity contribution is -0.161. The summed E-state index contributed by atoms with van der Waals surface area (Å²) in [6.45, 7) is 12.1. The Bertz CT molecular complexity index is 766. The Morgan fingerprint density at radius 2 is 1.66 bits per heavy atom. The summed E-state index contributed by atoms with van der Waals surface area (Å²) in [5.74, 6) is -0.889. The van der Waals surface area contributed by atoms with Crippen molar-refractivity contribution < 1.29 is 33.4 Å². The van der Waals surface area contributed by atoms with Gasteiger partial charge in [-0.25, -0.2) is 4.79 Å². The number of hydrogen-bond donors (Lipinski definition) is 0. The van der Waals surface area contributed by atoms with Crippen LogP contribution in [0.3, 0.4) is 0 Å². The lowest BCUT2D eigenvalue weighted by atomic mass is 10.1. The minimum Gasteiger partial charge on any atom is -0.452 e. The Balaban J connectivity index is 0.000000625. The van der Waals surface area contributed by atoms with E-state index in [1.54, 1.807) is 18.1 Å². The van der Waals surface area contributed by atoms with Gasteiger partial charge in [-0.05, 0) is 30.9 Å². The van der Waals surface area contributed by atoms with Gasteiger partial charge in [0, 0.05) is 58.8 Å². The second-order valence-electron chi connectivity index (χ2n) is 7.96. The van der Waals surface area contributed by atoms with Crippen molar-refractivity contribution in [1.29, 1.82) is 0 Å². The molecule has 1 aromatic heterocycles. The third-order valence-corrected chi connectivity index (χ3v) is 4.75. The molecule has 10 nitrogen and oxygen atoms in total. The van der Waals surface area contributed by atoms with Gasteiger partial charge in [0.05, 0.1) is 0 Å². The first-order valence-corrected chi connectivity index (χ1v) is 12.0. The monoisotopic (exact) mass is 495 g/mol. The summed E-state index contributed by atoms with van der Waals surface area (Å²) in [5, 5.41) is 0. The second kappa shape index (κ2) is 18.2. The molecule has 0 N–H and O–H groups in total. The van der Waals surface area contributed by atoms with Crippen LogP contribution in [0.4, 0.5) is 4.79 Å². The number of ether oxygens (including phenoxy) is 3. The number of nitrogens with zero attached hydrogens (tertiary/aromatic N) is 3. The van der Waals surface area contributed by atoms with Gasteiger partial charge in [-0.15, -0.1) is 0 Å². The van der Waals surface area contributed by atoms with Crippen molar-refractivity contribution in [3.8, 4) is 0 Å². The Hall–Kier alpha value is -3.17. The Kier molecular flexibility index (Phi) is 16.5. The van der Waals surface area contributed by atoms with E-state index in [4.69, 9.17) is 9.47 Å². The predicted molar refractivity (Wildman–Crippen MR) is 131 cm³/mol. The highest BCUT2D eigenvalue weighted by Crippen LogP contribution is 2.15. The van der Waals surface area contributed by atoms with Crippen LogP contribution in [0.5, 0.6) is 0 Å². The summed E-state index contributed by atoms with van der Waals surface area (Å²) in [6.07, 6.45) is 3.30. The fraction of sp³-hybridized carbons (Fsp3) is 0.640. The molecule has 0 bridgehead atoms. The minimum atomic E-state index is -0.611. The van der Waals surface area contributed by atoms with Gasteiger partial charge < -0.3 is 24.0 Å². The Morgan fingerprint density at radius 3 is 2.14 bits per heavy atom. The molecule has 0 spiro atoms. The van der Waals surface area contributed by atoms with Crippen LogP contribution in [-0.4, -0.2) is 78.3 Å². The SMILES string of the molecule is CC.CC(=O)OC(C(=O)N1CCCC1)C(C)C.CC(=O)OCOC(=O)N(C)CCc1ccccn1. The summed E-state index contributed by atoms with van der Waals surface area (Å²) in [7, 11) is 1.61. The van der Waals surface area contributed by atoms with Crippen LogP contribution in [-0.2, 0) is 35.0 Å². The summed E-state index contributed by atoms with van der Waals surface area (Å²) < 4.78 is 14.3. The van der Waals surface area contributed by atoms with Crippen LogP contribution in [0.2, 0.25) is 0 Å². The van der Waals surface area contributed by atoms with E-state index < -0.39 is 18.2 Å². The number of amides is 2. The number of rotatable bonds is 8. The smallest absolute Gasteiger partial charge is 0.412 e. The lowest BCUT2D eigenvalue weighted by Crippen LogP contribution is -2.42. The number of esters is 2. The van der Waals surface area contributed by atoms with E-state index in [0.717, 1.165) is 31.6 Å². The van der Waals surface area contributed by atoms with Crippen molar-refractivity contribution in [2.24, 2.45) is 5.92 Å². The van der Waals surface area contributed by atoms with Crippen molar-refractivity contribution in [3.05, 3.63) is 30.1 Å². The van der Waals surface area contributed by atoms with Crippen LogP contribution >= 0.6 is 0 Å². The summed E-state index contributed by atoms with van der Waals surface area (Å²) in [5.41, 5.74) is 0.900. The summed E-state index contributed by atoms with van der Waals surface area (Å²) >= 11 is 0. The van der Waals surface area contributed by atoms with E-state index in [0.29, 0.717) is 13.0 Å². The van der Waals surface area contributed by atoms with E-state index in [-0.39, 0.29) is 24.6 Å². The summed E-state index contributed by atoms with van der Waals surface area (Å²) in [4.78, 5) is 52.1. The second-order valence-corrected chi connectivity index (χ2v) is 7.96. The first-order chi connectivity index (χ1) is 16.6. The van der Waals surface area contributed by atoms with E-state index in [1.165, 1.54) is 18.7 Å². The molecule has 1 aliphatic heterocycles. The zero-order chi connectivity index (χ0) is 26.8. The molecule has 2 heterocycles. The van der Waals surface area contributed by atoms with Gasteiger partial charge in [-0.3, -0.25) is 19.4 Å². The summed E-state index contributed by atoms with van der Waals surface area (Å²) in [6, 6.07) is 5.61. The maximum atomic E-state index is 12.0. The standard InChI is InChI=1S/C12H16N2O4.C11H19NO3.C2H6/c1-10(15)17-9-18-12(16)14(2)8-6-11-5-3-4-7-13-11;1-8(2)10(15-9(3)13)11(14)12-6-4-5-7-12;1-2/h3-5,7H,6,8-9H2,1-2H3;8,10H,4-7H2,1-3H3;1-2H3. The quantitative estimate of drug-likeness (QED) is 0.398.